The maximum Gasteiger partial charge on any atom is 0.143 e. The van der Waals surface area contributed by atoms with Crippen LogP contribution in [0, 0.1) is 5.82 Å². The molecule has 0 fully saturated rings. The second-order valence-corrected chi connectivity index (χ2v) is 4.80. The average Bonchev–Trinajstić information content (AvgIpc) is 2.48. The van der Waals surface area contributed by atoms with Crippen molar-refractivity contribution in [2.24, 2.45) is 0 Å². The van der Waals surface area contributed by atoms with Gasteiger partial charge in [-0.3, -0.25) is 0 Å². The van der Waals surface area contributed by atoms with Gasteiger partial charge in [-0.15, -0.1) is 0 Å². The Hall–Kier alpha value is -2.26. The second kappa shape index (κ2) is 6.46. The number of hydrogen-bond donors (Lipinski definition) is 1. The summed E-state index contributed by atoms with van der Waals surface area (Å²) in [6.45, 7) is 7.45. The highest BCUT2D eigenvalue weighted by Gasteiger charge is 2.11. The molecule has 2 aromatic carbocycles. The lowest BCUT2D eigenvalue weighted by atomic mass is 10.0. The molecule has 0 bridgehead atoms. The second-order valence-electron chi connectivity index (χ2n) is 4.40. The molecule has 0 spiro atoms. The van der Waals surface area contributed by atoms with Gasteiger partial charge in [-0.25, -0.2) is 4.39 Å². The van der Waals surface area contributed by atoms with Crippen LogP contribution in [0.3, 0.4) is 0 Å². The Bertz CT molecular complexity index is 697. The highest BCUT2D eigenvalue weighted by atomic mass is 35.5. The Labute approximate surface area is 128 Å². The van der Waals surface area contributed by atoms with Gasteiger partial charge in [0.05, 0.1) is 17.8 Å². The molecule has 0 aromatic heterocycles. The third kappa shape index (κ3) is 3.44. The van der Waals surface area contributed by atoms with Gasteiger partial charge in [-0.1, -0.05) is 36.9 Å². The number of allylic oxidation sites excluding steroid dienone is 1. The summed E-state index contributed by atoms with van der Waals surface area (Å²) in [6, 6.07) is 9.73. The third-order valence-electron chi connectivity index (χ3n) is 2.97. The van der Waals surface area contributed by atoms with Gasteiger partial charge in [0.25, 0.3) is 0 Å². The molecular formula is C17H15ClFNO. The molecule has 0 aliphatic carbocycles. The molecule has 2 nitrogen and oxygen atoms in total. The van der Waals surface area contributed by atoms with E-state index in [1.165, 1.54) is 12.1 Å². The van der Waals surface area contributed by atoms with Crippen molar-refractivity contribution in [3.05, 3.63) is 72.2 Å². The Morgan fingerprint density at radius 2 is 2.10 bits per heavy atom. The normalized spacial score (nSPS) is 10.0. The zero-order chi connectivity index (χ0) is 15.4. The van der Waals surface area contributed by atoms with Crippen molar-refractivity contribution in [3.8, 4) is 16.9 Å². The number of halogens is 2. The van der Waals surface area contributed by atoms with E-state index >= 15 is 0 Å². The van der Waals surface area contributed by atoms with E-state index in [1.807, 2.05) is 0 Å². The van der Waals surface area contributed by atoms with Crippen molar-refractivity contribution >= 4 is 17.3 Å². The summed E-state index contributed by atoms with van der Waals surface area (Å²) in [5.41, 5.74) is 2.71. The van der Waals surface area contributed by atoms with Crippen LogP contribution in [0.25, 0.3) is 11.1 Å². The lowest BCUT2D eigenvalue weighted by Crippen LogP contribution is -1.99. The maximum absolute atomic E-state index is 13.4. The molecule has 2 rings (SSSR count). The molecule has 0 aliphatic heterocycles. The van der Waals surface area contributed by atoms with E-state index in [9.17, 15) is 4.39 Å². The summed E-state index contributed by atoms with van der Waals surface area (Å²) >= 11 is 6.26. The molecule has 1 N–H and O–H groups in total. The zero-order valence-corrected chi connectivity index (χ0v) is 12.4. The number of rotatable bonds is 5. The van der Waals surface area contributed by atoms with E-state index in [0.717, 1.165) is 0 Å². The molecule has 0 radical (unpaired) electrons. The number of hydrogen-bond acceptors (Lipinski definition) is 2. The topological polar surface area (TPSA) is 21.3 Å². The first-order chi connectivity index (χ1) is 10.0. The van der Waals surface area contributed by atoms with Crippen molar-refractivity contribution in [1.82, 2.24) is 0 Å². The van der Waals surface area contributed by atoms with Crippen molar-refractivity contribution in [3.63, 3.8) is 0 Å². The summed E-state index contributed by atoms with van der Waals surface area (Å²) in [5.74, 6) is 0.257. The summed E-state index contributed by atoms with van der Waals surface area (Å²) < 4.78 is 18.7. The van der Waals surface area contributed by atoms with Crippen molar-refractivity contribution < 1.29 is 9.13 Å². The van der Waals surface area contributed by atoms with Crippen LogP contribution in [0.4, 0.5) is 10.1 Å². The van der Waals surface area contributed by atoms with E-state index in [2.05, 4.69) is 18.5 Å². The van der Waals surface area contributed by atoms with Gasteiger partial charge in [-0.05, 0) is 29.8 Å². The van der Waals surface area contributed by atoms with E-state index in [1.54, 1.807) is 37.5 Å². The first kappa shape index (κ1) is 15.1. The fraction of sp³-hybridized carbons (Fsp3) is 0.0588. The highest BCUT2D eigenvalue weighted by Crippen LogP contribution is 2.37. The summed E-state index contributed by atoms with van der Waals surface area (Å²) in [6.07, 6.45) is 1.59. The molecule has 0 unspecified atom stereocenters. The molecule has 4 heteroatoms. The van der Waals surface area contributed by atoms with E-state index in [-0.39, 0.29) is 5.82 Å². The molecule has 0 saturated heterocycles. The lowest BCUT2D eigenvalue weighted by Gasteiger charge is -2.14. The van der Waals surface area contributed by atoms with E-state index in [4.69, 9.17) is 16.3 Å². The van der Waals surface area contributed by atoms with Gasteiger partial charge in [-0.2, -0.15) is 0 Å². The minimum absolute atomic E-state index is 0.315. The number of nitrogens with one attached hydrogen (secondary N) is 1. The smallest absolute Gasteiger partial charge is 0.143 e. The SMILES string of the molecule is C=CC(=C)Nc1cc(-c2cccc(F)c2)c(Cl)cc1OC. The fourth-order valence-electron chi connectivity index (χ4n) is 1.92. The van der Waals surface area contributed by atoms with Crippen LogP contribution >= 0.6 is 11.6 Å². The van der Waals surface area contributed by atoms with Crippen LogP contribution in [-0.4, -0.2) is 7.11 Å². The first-order valence-electron chi connectivity index (χ1n) is 6.27. The van der Waals surface area contributed by atoms with Crippen LogP contribution in [0.15, 0.2) is 61.3 Å². The maximum atomic E-state index is 13.4. The minimum Gasteiger partial charge on any atom is -0.495 e. The van der Waals surface area contributed by atoms with Gasteiger partial charge in [0.15, 0.2) is 0 Å². The molecule has 0 atom stereocenters. The standard InChI is InChI=1S/C17H15ClFNO/c1-4-11(2)20-16-9-14(15(18)10-17(16)21-3)12-6-5-7-13(19)8-12/h4-10,20H,1-2H2,3H3. The molecule has 0 aliphatic rings. The molecule has 0 amide bonds. The Balaban J connectivity index is 2.54. The molecule has 0 saturated carbocycles. The van der Waals surface area contributed by atoms with Gasteiger partial charge < -0.3 is 10.1 Å². The van der Waals surface area contributed by atoms with Gasteiger partial charge in [0.1, 0.15) is 11.6 Å². The van der Waals surface area contributed by atoms with Crippen molar-refractivity contribution in [2.45, 2.75) is 0 Å². The number of ether oxygens (including phenoxy) is 1. The Kier molecular flexibility index (Phi) is 4.66. The third-order valence-corrected chi connectivity index (χ3v) is 3.28. The number of anilines is 1. The van der Waals surface area contributed by atoms with Crippen LogP contribution < -0.4 is 10.1 Å². The summed E-state index contributed by atoms with van der Waals surface area (Å²) in [7, 11) is 1.55. The highest BCUT2D eigenvalue weighted by molar-refractivity contribution is 6.33. The van der Waals surface area contributed by atoms with Crippen LogP contribution in [0.5, 0.6) is 5.75 Å². The quantitative estimate of drug-likeness (QED) is 0.760. The fourth-order valence-corrected chi connectivity index (χ4v) is 2.19. The van der Waals surface area contributed by atoms with Crippen molar-refractivity contribution in [1.29, 1.82) is 0 Å². The lowest BCUT2D eigenvalue weighted by molar-refractivity contribution is 0.417. The van der Waals surface area contributed by atoms with Crippen molar-refractivity contribution in [2.75, 3.05) is 12.4 Å². The van der Waals surface area contributed by atoms with E-state index < -0.39 is 0 Å². The number of methoxy groups -OCH3 is 1. The Morgan fingerprint density at radius 3 is 2.71 bits per heavy atom. The van der Waals surface area contributed by atoms with Gasteiger partial charge in [0, 0.05) is 17.3 Å². The summed E-state index contributed by atoms with van der Waals surface area (Å²) in [5, 5.41) is 3.55. The van der Waals surface area contributed by atoms with Crippen LogP contribution in [-0.2, 0) is 0 Å². The van der Waals surface area contributed by atoms with E-state index in [0.29, 0.717) is 33.3 Å². The Morgan fingerprint density at radius 1 is 1.33 bits per heavy atom. The number of benzene rings is 2. The predicted octanol–water partition coefficient (Wildman–Crippen LogP) is 5.27. The molecule has 21 heavy (non-hydrogen) atoms. The molecule has 2 aromatic rings. The summed E-state index contributed by atoms with van der Waals surface area (Å²) in [4.78, 5) is 0. The van der Waals surface area contributed by atoms with Crippen LogP contribution in [0.1, 0.15) is 0 Å². The first-order valence-corrected chi connectivity index (χ1v) is 6.64. The predicted molar refractivity (Wildman–Crippen MR) is 86.4 cm³/mol. The minimum atomic E-state index is -0.315. The molecule has 0 heterocycles. The van der Waals surface area contributed by atoms with Crippen LogP contribution in [0.2, 0.25) is 5.02 Å². The average molecular weight is 304 g/mol. The largest absolute Gasteiger partial charge is 0.495 e. The monoisotopic (exact) mass is 303 g/mol. The van der Waals surface area contributed by atoms with Gasteiger partial charge >= 0.3 is 0 Å². The molecular weight excluding hydrogens is 289 g/mol. The molecule has 108 valence electrons. The van der Waals surface area contributed by atoms with Gasteiger partial charge in [0.2, 0.25) is 0 Å². The zero-order valence-electron chi connectivity index (χ0n) is 11.6.